The van der Waals surface area contributed by atoms with Gasteiger partial charge in [0.25, 0.3) is 0 Å². The van der Waals surface area contributed by atoms with Gasteiger partial charge in [0.15, 0.2) is 11.4 Å². The largest absolute Gasteiger partial charge is 0.388 e. The van der Waals surface area contributed by atoms with Crippen LogP contribution in [0.5, 0.6) is 0 Å². The van der Waals surface area contributed by atoms with Crippen LogP contribution in [0, 0.1) is 0 Å². The van der Waals surface area contributed by atoms with Gasteiger partial charge in [0.05, 0.1) is 6.10 Å². The molecule has 2 fully saturated rings. The van der Waals surface area contributed by atoms with E-state index < -0.39 is 23.9 Å². The molecule has 2 N–H and O–H groups in total. The zero-order chi connectivity index (χ0) is 9.64. The summed E-state index contributed by atoms with van der Waals surface area (Å²) < 4.78 is 5.32. The van der Waals surface area contributed by atoms with Crippen molar-refractivity contribution in [2.45, 2.75) is 36.8 Å². The molecule has 2 aliphatic heterocycles. The van der Waals surface area contributed by atoms with Crippen molar-refractivity contribution in [2.24, 2.45) is 0 Å². The van der Waals surface area contributed by atoms with Gasteiger partial charge in [-0.05, 0) is 0 Å². The Labute approximate surface area is 75.8 Å². The number of ketones is 1. The first-order valence-electron chi connectivity index (χ1n) is 4.30. The molecule has 4 nitrogen and oxygen atoms in total. The molecule has 2 saturated heterocycles. The van der Waals surface area contributed by atoms with Crippen LogP contribution in [-0.2, 0) is 9.53 Å². The highest BCUT2D eigenvalue weighted by molar-refractivity contribution is 5.92. The van der Waals surface area contributed by atoms with Crippen LogP contribution in [0.25, 0.3) is 0 Å². The second-order valence-electron chi connectivity index (χ2n) is 3.60. The van der Waals surface area contributed by atoms with Crippen molar-refractivity contribution in [1.82, 2.24) is 0 Å². The molecule has 0 aromatic carbocycles. The molecular formula is C9H12O4. The van der Waals surface area contributed by atoms with E-state index in [1.165, 1.54) is 6.08 Å². The lowest BCUT2D eigenvalue weighted by Crippen LogP contribution is -2.51. The van der Waals surface area contributed by atoms with E-state index in [0.29, 0.717) is 0 Å². The molecule has 0 amide bonds. The Morgan fingerprint density at radius 1 is 1.69 bits per heavy atom. The summed E-state index contributed by atoms with van der Waals surface area (Å²) in [6.07, 6.45) is -0.564. The van der Waals surface area contributed by atoms with Crippen LogP contribution in [-0.4, -0.2) is 39.9 Å². The molecule has 72 valence electrons. The molecule has 2 rings (SSSR count). The number of rotatable bonds is 2. The molecule has 13 heavy (non-hydrogen) atoms. The lowest BCUT2D eigenvalue weighted by Gasteiger charge is -2.28. The van der Waals surface area contributed by atoms with Gasteiger partial charge < -0.3 is 14.9 Å². The Morgan fingerprint density at radius 2 is 2.38 bits per heavy atom. The van der Waals surface area contributed by atoms with Crippen LogP contribution in [0.4, 0.5) is 0 Å². The molecule has 0 aromatic heterocycles. The van der Waals surface area contributed by atoms with Crippen molar-refractivity contribution < 1.29 is 19.7 Å². The van der Waals surface area contributed by atoms with Gasteiger partial charge in [0, 0.05) is 12.8 Å². The maximum absolute atomic E-state index is 11.5. The molecule has 0 radical (unpaired) electrons. The summed E-state index contributed by atoms with van der Waals surface area (Å²) in [4.78, 5) is 11.5. The van der Waals surface area contributed by atoms with E-state index in [1.54, 1.807) is 0 Å². The second-order valence-corrected chi connectivity index (χ2v) is 3.60. The van der Waals surface area contributed by atoms with Crippen LogP contribution in [0.15, 0.2) is 12.7 Å². The summed E-state index contributed by atoms with van der Waals surface area (Å²) >= 11 is 0. The third-order valence-electron chi connectivity index (χ3n) is 2.85. The molecule has 2 aliphatic rings. The summed E-state index contributed by atoms with van der Waals surface area (Å²) in [6.45, 7) is 3.50. The van der Waals surface area contributed by atoms with E-state index in [9.17, 15) is 15.0 Å². The number of fused-ring (bicyclic) bond motifs is 2. The second kappa shape index (κ2) is 2.64. The van der Waals surface area contributed by atoms with Gasteiger partial charge in [-0.25, -0.2) is 0 Å². The first kappa shape index (κ1) is 8.87. The lowest BCUT2D eigenvalue weighted by atomic mass is 9.81. The van der Waals surface area contributed by atoms with Gasteiger partial charge in [0.1, 0.15) is 12.2 Å². The maximum atomic E-state index is 11.5. The highest BCUT2D eigenvalue weighted by Gasteiger charge is 2.63. The fourth-order valence-electron chi connectivity index (χ4n) is 2.13. The van der Waals surface area contributed by atoms with E-state index in [4.69, 9.17) is 4.74 Å². The number of aliphatic hydroxyl groups is 2. The predicted molar refractivity (Wildman–Crippen MR) is 44.1 cm³/mol. The Morgan fingerprint density at radius 3 is 2.92 bits per heavy atom. The van der Waals surface area contributed by atoms with Crippen molar-refractivity contribution in [2.75, 3.05) is 0 Å². The van der Waals surface area contributed by atoms with Gasteiger partial charge in [-0.3, -0.25) is 4.79 Å². The molecule has 4 atom stereocenters. The zero-order valence-corrected chi connectivity index (χ0v) is 7.14. The average molecular weight is 184 g/mol. The van der Waals surface area contributed by atoms with Crippen molar-refractivity contribution in [3.63, 3.8) is 0 Å². The standard InChI is InChI=1S/C9H12O4/c1-2-3-9-6(10)4-5(13-9)7(11)8(9)12/h2,5,7-8,11-12H,1,3-4H2/t5-,7-,8+,9+/m0/s1. The van der Waals surface area contributed by atoms with Crippen LogP contribution in [0.1, 0.15) is 12.8 Å². The fourth-order valence-corrected chi connectivity index (χ4v) is 2.13. The van der Waals surface area contributed by atoms with Crippen LogP contribution in [0.3, 0.4) is 0 Å². The van der Waals surface area contributed by atoms with Gasteiger partial charge in [-0.2, -0.15) is 0 Å². The number of carbonyl (C=O) groups is 1. The van der Waals surface area contributed by atoms with Gasteiger partial charge in [-0.1, -0.05) is 6.08 Å². The molecule has 0 aromatic rings. The topological polar surface area (TPSA) is 66.8 Å². The van der Waals surface area contributed by atoms with Crippen molar-refractivity contribution in [3.05, 3.63) is 12.7 Å². The zero-order valence-electron chi connectivity index (χ0n) is 7.14. The number of Topliss-reactive ketones (excluding diaryl/α,β-unsaturated/α-hetero) is 1. The van der Waals surface area contributed by atoms with E-state index in [0.717, 1.165) is 0 Å². The highest BCUT2D eigenvalue weighted by atomic mass is 16.6. The first-order chi connectivity index (χ1) is 6.12. The molecule has 2 heterocycles. The normalized spacial score (nSPS) is 48.5. The molecule has 2 bridgehead atoms. The molecule has 0 unspecified atom stereocenters. The lowest BCUT2D eigenvalue weighted by molar-refractivity contribution is -0.139. The third kappa shape index (κ3) is 0.935. The monoisotopic (exact) mass is 184 g/mol. The summed E-state index contributed by atoms with van der Waals surface area (Å²) in [6, 6.07) is 0. The molecular weight excluding hydrogens is 172 g/mol. The Hall–Kier alpha value is -0.710. The van der Waals surface area contributed by atoms with Crippen molar-refractivity contribution in [3.8, 4) is 0 Å². The maximum Gasteiger partial charge on any atom is 0.170 e. The fraction of sp³-hybridized carbons (Fsp3) is 0.667. The number of ether oxygens (including phenoxy) is 1. The number of hydrogen-bond acceptors (Lipinski definition) is 4. The van der Waals surface area contributed by atoms with E-state index in [-0.39, 0.29) is 18.6 Å². The average Bonchev–Trinajstić information content (AvgIpc) is 2.51. The molecule has 4 heteroatoms. The SMILES string of the molecule is C=CC[C@@]12O[C@@H](CC1=O)[C@H](O)[C@H]2O. The molecule has 0 aliphatic carbocycles. The van der Waals surface area contributed by atoms with E-state index in [2.05, 4.69) is 6.58 Å². The Kier molecular flexibility index (Phi) is 1.80. The Bertz CT molecular complexity index is 262. The Balaban J connectivity index is 2.33. The molecule has 0 saturated carbocycles. The summed E-state index contributed by atoms with van der Waals surface area (Å²) in [5.41, 5.74) is -1.20. The highest BCUT2D eigenvalue weighted by Crippen LogP contribution is 2.43. The molecule has 0 spiro atoms. The van der Waals surface area contributed by atoms with Gasteiger partial charge in [-0.15, -0.1) is 6.58 Å². The minimum atomic E-state index is -1.20. The third-order valence-corrected chi connectivity index (χ3v) is 2.85. The van der Waals surface area contributed by atoms with Gasteiger partial charge in [0.2, 0.25) is 0 Å². The predicted octanol–water partition coefficient (Wildman–Crippen LogP) is -0.605. The van der Waals surface area contributed by atoms with Gasteiger partial charge >= 0.3 is 0 Å². The van der Waals surface area contributed by atoms with Crippen molar-refractivity contribution in [1.29, 1.82) is 0 Å². The summed E-state index contributed by atoms with van der Waals surface area (Å²) in [7, 11) is 0. The van der Waals surface area contributed by atoms with E-state index >= 15 is 0 Å². The van der Waals surface area contributed by atoms with Crippen molar-refractivity contribution >= 4 is 5.78 Å². The number of hydrogen-bond donors (Lipinski definition) is 2. The minimum absolute atomic E-state index is 0.129. The van der Waals surface area contributed by atoms with Crippen LogP contribution < -0.4 is 0 Å². The number of carbonyl (C=O) groups excluding carboxylic acids is 1. The minimum Gasteiger partial charge on any atom is -0.388 e. The summed E-state index contributed by atoms with van der Waals surface area (Å²) in [5, 5.41) is 19.0. The number of aliphatic hydroxyl groups excluding tert-OH is 2. The van der Waals surface area contributed by atoms with E-state index in [1.807, 2.05) is 0 Å². The van der Waals surface area contributed by atoms with Crippen LogP contribution >= 0.6 is 0 Å². The quantitative estimate of drug-likeness (QED) is 0.562. The first-order valence-corrected chi connectivity index (χ1v) is 4.30. The van der Waals surface area contributed by atoms with Crippen LogP contribution in [0.2, 0.25) is 0 Å². The smallest absolute Gasteiger partial charge is 0.170 e. The summed E-state index contributed by atoms with van der Waals surface area (Å²) in [5.74, 6) is -0.129.